The van der Waals surface area contributed by atoms with E-state index in [0.29, 0.717) is 18.0 Å². The van der Waals surface area contributed by atoms with Crippen LogP contribution in [-0.4, -0.2) is 23.6 Å². The smallest absolute Gasteiger partial charge is 0.186 e. The first-order valence-corrected chi connectivity index (χ1v) is 9.34. The number of hydrogen-bond acceptors (Lipinski definition) is 4. The molecule has 0 aromatic carbocycles. The van der Waals surface area contributed by atoms with E-state index in [-0.39, 0.29) is 0 Å². The highest BCUT2D eigenvalue weighted by Crippen LogP contribution is 2.34. The minimum atomic E-state index is 0.504. The molecule has 1 aliphatic rings. The van der Waals surface area contributed by atoms with Crippen LogP contribution in [0.25, 0.3) is 0 Å². The molecule has 1 unspecified atom stereocenters. The molecule has 4 heteroatoms. The van der Waals surface area contributed by atoms with Crippen molar-refractivity contribution in [1.82, 2.24) is 10.3 Å². The second-order valence-corrected chi connectivity index (χ2v) is 7.81. The van der Waals surface area contributed by atoms with E-state index in [9.17, 15) is 0 Å². The lowest BCUT2D eigenvalue weighted by atomic mass is 10.0. The van der Waals surface area contributed by atoms with Gasteiger partial charge < -0.3 is 10.2 Å². The molecule has 0 radical (unpaired) electrons. The second-order valence-electron chi connectivity index (χ2n) is 6.75. The Hall–Kier alpha value is -0.610. The van der Waals surface area contributed by atoms with Crippen molar-refractivity contribution in [1.29, 1.82) is 0 Å². The Balaban J connectivity index is 2.21. The van der Waals surface area contributed by atoms with Gasteiger partial charge in [-0.3, -0.25) is 0 Å². The highest BCUT2D eigenvalue weighted by atomic mass is 32.1. The van der Waals surface area contributed by atoms with Crippen LogP contribution in [0.1, 0.15) is 76.8 Å². The van der Waals surface area contributed by atoms with E-state index in [2.05, 4.69) is 44.8 Å². The van der Waals surface area contributed by atoms with Crippen LogP contribution in [0.15, 0.2) is 0 Å². The summed E-state index contributed by atoms with van der Waals surface area (Å²) >= 11 is 1.91. The summed E-state index contributed by atoms with van der Waals surface area (Å²) in [6.07, 6.45) is 5.24. The normalized spacial score (nSPS) is 19.8. The van der Waals surface area contributed by atoms with E-state index in [0.717, 1.165) is 6.54 Å². The summed E-state index contributed by atoms with van der Waals surface area (Å²) in [7, 11) is 0. The van der Waals surface area contributed by atoms with Crippen LogP contribution in [0.2, 0.25) is 0 Å². The van der Waals surface area contributed by atoms with Crippen LogP contribution in [0.4, 0.5) is 5.13 Å². The Morgan fingerprint density at radius 1 is 1.29 bits per heavy atom. The first kappa shape index (κ1) is 16.8. The molecular formula is C17H31N3S. The molecule has 1 N–H and O–H groups in total. The fourth-order valence-corrected chi connectivity index (χ4v) is 4.29. The van der Waals surface area contributed by atoms with E-state index in [1.807, 2.05) is 11.3 Å². The first-order chi connectivity index (χ1) is 10.0. The molecule has 120 valence electrons. The second kappa shape index (κ2) is 7.59. The molecule has 0 spiro atoms. The lowest BCUT2D eigenvalue weighted by molar-refractivity contribution is 0.449. The third-order valence-electron chi connectivity index (χ3n) is 4.28. The SMILES string of the molecule is CCC1CCCCN1c1nc(C(C)C)c(CNC(C)C)s1. The number of nitrogens with zero attached hydrogens (tertiary/aromatic N) is 2. The van der Waals surface area contributed by atoms with Gasteiger partial charge in [0.05, 0.1) is 5.69 Å². The maximum Gasteiger partial charge on any atom is 0.186 e. The summed E-state index contributed by atoms with van der Waals surface area (Å²) in [6.45, 7) is 13.4. The molecule has 0 bridgehead atoms. The van der Waals surface area contributed by atoms with Crippen LogP contribution in [0.5, 0.6) is 0 Å². The van der Waals surface area contributed by atoms with Crippen molar-refractivity contribution >= 4 is 16.5 Å². The van der Waals surface area contributed by atoms with Gasteiger partial charge in [-0.25, -0.2) is 4.98 Å². The predicted molar refractivity (Wildman–Crippen MR) is 93.5 cm³/mol. The van der Waals surface area contributed by atoms with Crippen molar-refractivity contribution in [3.63, 3.8) is 0 Å². The van der Waals surface area contributed by atoms with Crippen molar-refractivity contribution < 1.29 is 0 Å². The summed E-state index contributed by atoms with van der Waals surface area (Å²) in [6, 6.07) is 1.21. The molecule has 0 saturated carbocycles. The van der Waals surface area contributed by atoms with Gasteiger partial charge >= 0.3 is 0 Å². The average Bonchev–Trinajstić information content (AvgIpc) is 2.89. The third-order valence-corrected chi connectivity index (χ3v) is 5.39. The minimum absolute atomic E-state index is 0.504. The van der Waals surface area contributed by atoms with Crippen LogP contribution in [0, 0.1) is 0 Å². The highest BCUT2D eigenvalue weighted by Gasteiger charge is 2.25. The summed E-state index contributed by atoms with van der Waals surface area (Å²) < 4.78 is 0. The predicted octanol–water partition coefficient (Wildman–Crippen LogP) is 4.53. The standard InChI is InChI=1S/C17H31N3S/c1-6-14-9-7-8-10-20(14)17-19-16(12(2)3)15(21-17)11-18-13(4)5/h12-14,18H,6-11H2,1-5H3. The molecular weight excluding hydrogens is 278 g/mol. The van der Waals surface area contributed by atoms with Gasteiger partial charge in [-0.05, 0) is 31.6 Å². The van der Waals surface area contributed by atoms with Gasteiger partial charge in [0.1, 0.15) is 0 Å². The summed E-state index contributed by atoms with van der Waals surface area (Å²) in [5.74, 6) is 0.504. The zero-order valence-corrected chi connectivity index (χ0v) is 15.1. The monoisotopic (exact) mass is 309 g/mol. The van der Waals surface area contributed by atoms with Crippen molar-refractivity contribution in [3.05, 3.63) is 10.6 Å². The molecule has 1 fully saturated rings. The van der Waals surface area contributed by atoms with Crippen molar-refractivity contribution in [2.24, 2.45) is 0 Å². The zero-order chi connectivity index (χ0) is 15.4. The molecule has 2 rings (SSSR count). The number of piperidine rings is 1. The van der Waals surface area contributed by atoms with Crippen LogP contribution in [-0.2, 0) is 6.54 Å². The fraction of sp³-hybridized carbons (Fsp3) is 0.824. The average molecular weight is 310 g/mol. The van der Waals surface area contributed by atoms with Crippen molar-refractivity contribution in [3.8, 4) is 0 Å². The fourth-order valence-electron chi connectivity index (χ4n) is 3.02. The molecule has 1 aliphatic heterocycles. The largest absolute Gasteiger partial charge is 0.345 e. The van der Waals surface area contributed by atoms with E-state index >= 15 is 0 Å². The Bertz CT molecular complexity index is 439. The number of hydrogen-bond donors (Lipinski definition) is 1. The Labute approximate surface area is 134 Å². The van der Waals surface area contributed by atoms with Gasteiger partial charge in [-0.1, -0.05) is 34.6 Å². The lowest BCUT2D eigenvalue weighted by Gasteiger charge is -2.35. The molecule has 1 aromatic heterocycles. The van der Waals surface area contributed by atoms with Crippen molar-refractivity contribution in [2.75, 3.05) is 11.4 Å². The maximum atomic E-state index is 5.01. The number of rotatable bonds is 6. The van der Waals surface area contributed by atoms with Crippen LogP contribution in [0.3, 0.4) is 0 Å². The Morgan fingerprint density at radius 3 is 2.67 bits per heavy atom. The van der Waals surface area contributed by atoms with Crippen LogP contribution < -0.4 is 10.2 Å². The summed E-state index contributed by atoms with van der Waals surface area (Å²) in [4.78, 5) is 9.01. The van der Waals surface area contributed by atoms with E-state index < -0.39 is 0 Å². The van der Waals surface area contributed by atoms with Gasteiger partial charge in [0.25, 0.3) is 0 Å². The molecule has 0 amide bonds. The molecule has 1 saturated heterocycles. The number of aromatic nitrogens is 1. The topological polar surface area (TPSA) is 28.2 Å². The van der Waals surface area contributed by atoms with E-state index in [1.54, 1.807) is 0 Å². The van der Waals surface area contributed by atoms with Gasteiger partial charge in [-0.2, -0.15) is 0 Å². The molecule has 2 heterocycles. The number of thiazole rings is 1. The highest BCUT2D eigenvalue weighted by molar-refractivity contribution is 7.15. The first-order valence-electron chi connectivity index (χ1n) is 8.52. The van der Waals surface area contributed by atoms with Gasteiger partial charge in [0.15, 0.2) is 5.13 Å². The zero-order valence-electron chi connectivity index (χ0n) is 14.3. The van der Waals surface area contributed by atoms with E-state index in [4.69, 9.17) is 4.98 Å². The minimum Gasteiger partial charge on any atom is -0.345 e. The summed E-state index contributed by atoms with van der Waals surface area (Å²) in [5.41, 5.74) is 1.29. The lowest BCUT2D eigenvalue weighted by Crippen LogP contribution is -2.39. The van der Waals surface area contributed by atoms with Gasteiger partial charge in [0, 0.05) is 30.1 Å². The van der Waals surface area contributed by atoms with Crippen LogP contribution >= 0.6 is 11.3 Å². The van der Waals surface area contributed by atoms with Gasteiger partial charge in [0.2, 0.25) is 0 Å². The molecule has 0 aliphatic carbocycles. The molecule has 1 atom stereocenters. The Morgan fingerprint density at radius 2 is 2.05 bits per heavy atom. The van der Waals surface area contributed by atoms with Crippen molar-refractivity contribution in [2.45, 2.75) is 84.8 Å². The molecule has 21 heavy (non-hydrogen) atoms. The Kier molecular flexibility index (Phi) is 6.06. The summed E-state index contributed by atoms with van der Waals surface area (Å²) in [5, 5.41) is 4.81. The molecule has 1 aromatic rings. The van der Waals surface area contributed by atoms with Gasteiger partial charge in [-0.15, -0.1) is 11.3 Å². The number of nitrogens with one attached hydrogen (secondary N) is 1. The number of anilines is 1. The van der Waals surface area contributed by atoms with E-state index in [1.165, 1.54) is 47.9 Å². The quantitative estimate of drug-likeness (QED) is 0.836. The molecule has 3 nitrogen and oxygen atoms in total. The third kappa shape index (κ3) is 4.19. The maximum absolute atomic E-state index is 5.01.